The zero-order valence-electron chi connectivity index (χ0n) is 17.3. The highest BCUT2D eigenvalue weighted by molar-refractivity contribution is 4.62. The van der Waals surface area contributed by atoms with Gasteiger partial charge in [-0.15, -0.1) is 0 Å². The van der Waals surface area contributed by atoms with Gasteiger partial charge in [-0.3, -0.25) is 0 Å². The Hall–Kier alpha value is -0.0400. The Bertz CT molecular complexity index is 214. The van der Waals surface area contributed by atoms with E-state index in [1.807, 2.05) is 0 Å². The molecule has 0 saturated heterocycles. The van der Waals surface area contributed by atoms with Gasteiger partial charge >= 0.3 is 0 Å². The number of hydrogen-bond acceptors (Lipinski definition) is 1. The zero-order chi connectivity index (χ0) is 17.7. The predicted molar refractivity (Wildman–Crippen MR) is 112 cm³/mol. The Kier molecular flexibility index (Phi) is 21.0. The first-order valence-corrected chi connectivity index (χ1v) is 11.6. The fourth-order valence-corrected chi connectivity index (χ4v) is 3.58. The summed E-state index contributed by atoms with van der Waals surface area (Å²) in [6, 6.07) is 0.472. The summed E-state index contributed by atoms with van der Waals surface area (Å²) in [6.07, 6.45) is 28.1. The lowest BCUT2D eigenvalue weighted by molar-refractivity contribution is 0.482. The summed E-state index contributed by atoms with van der Waals surface area (Å²) in [4.78, 5) is 0. The van der Waals surface area contributed by atoms with Crippen LogP contribution in [0.25, 0.3) is 0 Å². The normalized spacial score (nSPS) is 12.6. The zero-order valence-corrected chi connectivity index (χ0v) is 17.3. The molecule has 0 aliphatic rings. The van der Waals surface area contributed by atoms with Crippen molar-refractivity contribution in [3.8, 4) is 0 Å². The van der Waals surface area contributed by atoms with E-state index in [0.29, 0.717) is 6.04 Å². The SMILES string of the molecule is CCCCCCCCCCCCCCCC(N)CCCCCCC. The minimum absolute atomic E-state index is 0.472. The quantitative estimate of drug-likeness (QED) is 0.222. The van der Waals surface area contributed by atoms with Crippen molar-refractivity contribution in [2.75, 3.05) is 0 Å². The fraction of sp³-hybridized carbons (Fsp3) is 1.00. The maximum Gasteiger partial charge on any atom is 0.00388 e. The van der Waals surface area contributed by atoms with Crippen LogP contribution in [-0.4, -0.2) is 6.04 Å². The van der Waals surface area contributed by atoms with Crippen LogP contribution in [0.5, 0.6) is 0 Å². The molecule has 0 rings (SSSR count). The van der Waals surface area contributed by atoms with E-state index >= 15 is 0 Å². The smallest absolute Gasteiger partial charge is 0.00388 e. The lowest BCUT2D eigenvalue weighted by atomic mass is 10.0. The molecule has 0 saturated carbocycles. The molecule has 0 amide bonds. The number of unbranched alkanes of at least 4 members (excludes halogenated alkanes) is 16. The molecular formula is C23H49N. The van der Waals surface area contributed by atoms with Gasteiger partial charge in [0.15, 0.2) is 0 Å². The van der Waals surface area contributed by atoms with E-state index in [9.17, 15) is 0 Å². The summed E-state index contributed by atoms with van der Waals surface area (Å²) >= 11 is 0. The molecule has 0 aliphatic heterocycles. The van der Waals surface area contributed by atoms with Gasteiger partial charge in [0, 0.05) is 6.04 Å². The van der Waals surface area contributed by atoms with Gasteiger partial charge in [-0.05, 0) is 12.8 Å². The Morgan fingerprint density at radius 1 is 0.417 bits per heavy atom. The average molecular weight is 340 g/mol. The molecule has 0 aliphatic carbocycles. The monoisotopic (exact) mass is 339 g/mol. The molecule has 1 nitrogen and oxygen atoms in total. The van der Waals surface area contributed by atoms with Crippen LogP contribution in [0, 0.1) is 0 Å². The van der Waals surface area contributed by atoms with Crippen LogP contribution in [0.15, 0.2) is 0 Å². The first kappa shape index (κ1) is 24.0. The Balaban J connectivity index is 3.08. The molecule has 24 heavy (non-hydrogen) atoms. The second-order valence-corrected chi connectivity index (χ2v) is 7.99. The number of hydrogen-bond donors (Lipinski definition) is 1. The van der Waals surface area contributed by atoms with Gasteiger partial charge in [0.05, 0.1) is 0 Å². The first-order chi connectivity index (χ1) is 11.8. The third kappa shape index (κ3) is 20.0. The molecule has 0 radical (unpaired) electrons. The average Bonchev–Trinajstić information content (AvgIpc) is 2.59. The van der Waals surface area contributed by atoms with Gasteiger partial charge in [-0.25, -0.2) is 0 Å². The molecule has 2 N–H and O–H groups in total. The lowest BCUT2D eigenvalue weighted by Crippen LogP contribution is -2.19. The Labute approximate surface area is 154 Å². The second kappa shape index (κ2) is 21.0. The summed E-state index contributed by atoms with van der Waals surface area (Å²) in [5.74, 6) is 0. The van der Waals surface area contributed by atoms with E-state index in [1.165, 1.54) is 128 Å². The third-order valence-corrected chi connectivity index (χ3v) is 5.36. The minimum atomic E-state index is 0.472. The molecule has 0 fully saturated rings. The molecule has 0 bridgehead atoms. The van der Waals surface area contributed by atoms with Gasteiger partial charge in [0.2, 0.25) is 0 Å². The van der Waals surface area contributed by atoms with Gasteiger partial charge in [0.25, 0.3) is 0 Å². The summed E-state index contributed by atoms with van der Waals surface area (Å²) in [7, 11) is 0. The van der Waals surface area contributed by atoms with Crippen molar-refractivity contribution in [2.24, 2.45) is 5.73 Å². The largest absolute Gasteiger partial charge is 0.328 e. The van der Waals surface area contributed by atoms with E-state index in [4.69, 9.17) is 5.73 Å². The minimum Gasteiger partial charge on any atom is -0.328 e. The molecule has 1 unspecified atom stereocenters. The van der Waals surface area contributed by atoms with Gasteiger partial charge in [0.1, 0.15) is 0 Å². The molecule has 0 heterocycles. The molecular weight excluding hydrogens is 290 g/mol. The van der Waals surface area contributed by atoms with Gasteiger partial charge < -0.3 is 5.73 Å². The van der Waals surface area contributed by atoms with Crippen molar-refractivity contribution < 1.29 is 0 Å². The van der Waals surface area contributed by atoms with Gasteiger partial charge in [-0.1, -0.05) is 129 Å². The van der Waals surface area contributed by atoms with Crippen molar-refractivity contribution in [1.82, 2.24) is 0 Å². The molecule has 0 spiro atoms. The van der Waals surface area contributed by atoms with Crippen LogP contribution in [0.4, 0.5) is 0 Å². The maximum atomic E-state index is 6.23. The van der Waals surface area contributed by atoms with E-state index in [0.717, 1.165) is 0 Å². The van der Waals surface area contributed by atoms with Gasteiger partial charge in [-0.2, -0.15) is 0 Å². The van der Waals surface area contributed by atoms with Crippen molar-refractivity contribution in [3.05, 3.63) is 0 Å². The van der Waals surface area contributed by atoms with Crippen LogP contribution >= 0.6 is 0 Å². The topological polar surface area (TPSA) is 26.0 Å². The summed E-state index contributed by atoms with van der Waals surface area (Å²) in [5, 5.41) is 0. The molecule has 0 aromatic rings. The lowest BCUT2D eigenvalue weighted by Gasteiger charge is -2.11. The van der Waals surface area contributed by atoms with Crippen LogP contribution < -0.4 is 5.73 Å². The fourth-order valence-electron chi connectivity index (χ4n) is 3.58. The van der Waals surface area contributed by atoms with Crippen LogP contribution in [-0.2, 0) is 0 Å². The molecule has 146 valence electrons. The molecule has 1 atom stereocenters. The summed E-state index contributed by atoms with van der Waals surface area (Å²) < 4.78 is 0. The third-order valence-electron chi connectivity index (χ3n) is 5.36. The van der Waals surface area contributed by atoms with Crippen molar-refractivity contribution >= 4 is 0 Å². The number of rotatable bonds is 20. The van der Waals surface area contributed by atoms with Crippen molar-refractivity contribution in [3.63, 3.8) is 0 Å². The van der Waals surface area contributed by atoms with Crippen LogP contribution in [0.3, 0.4) is 0 Å². The van der Waals surface area contributed by atoms with Crippen LogP contribution in [0.1, 0.15) is 142 Å². The van der Waals surface area contributed by atoms with Crippen molar-refractivity contribution in [2.45, 2.75) is 148 Å². The predicted octanol–water partition coefficient (Wildman–Crippen LogP) is 8.16. The van der Waals surface area contributed by atoms with Crippen LogP contribution in [0.2, 0.25) is 0 Å². The number of nitrogens with two attached hydrogens (primary N) is 1. The summed E-state index contributed by atoms with van der Waals surface area (Å²) in [6.45, 7) is 4.57. The highest BCUT2D eigenvalue weighted by Gasteiger charge is 2.02. The first-order valence-electron chi connectivity index (χ1n) is 11.6. The highest BCUT2D eigenvalue weighted by atomic mass is 14.6. The van der Waals surface area contributed by atoms with Crippen molar-refractivity contribution in [1.29, 1.82) is 0 Å². The maximum absolute atomic E-state index is 6.23. The Morgan fingerprint density at radius 2 is 0.667 bits per heavy atom. The van der Waals surface area contributed by atoms with E-state index in [2.05, 4.69) is 13.8 Å². The highest BCUT2D eigenvalue weighted by Crippen LogP contribution is 2.14. The van der Waals surface area contributed by atoms with E-state index in [1.54, 1.807) is 0 Å². The standard InChI is InChI=1S/C23H49N/c1-3-5-7-9-10-11-12-13-14-15-16-18-20-22-23(24)21-19-17-8-6-4-2/h23H,3-22,24H2,1-2H3. The second-order valence-electron chi connectivity index (χ2n) is 7.99. The van der Waals surface area contributed by atoms with E-state index in [-0.39, 0.29) is 0 Å². The molecule has 1 heteroatoms. The Morgan fingerprint density at radius 3 is 0.958 bits per heavy atom. The summed E-state index contributed by atoms with van der Waals surface area (Å²) in [5.41, 5.74) is 6.23. The molecule has 0 aromatic heterocycles. The van der Waals surface area contributed by atoms with E-state index < -0.39 is 0 Å². The molecule has 0 aromatic carbocycles.